The predicted molar refractivity (Wildman–Crippen MR) is 79.3 cm³/mol. The summed E-state index contributed by atoms with van der Waals surface area (Å²) in [6.45, 7) is 0.153. The molecule has 0 saturated heterocycles. The molecule has 1 aromatic heterocycles. The molecule has 3 rings (SSSR count). The van der Waals surface area contributed by atoms with Gasteiger partial charge >= 0.3 is 0 Å². The number of nitrogens with zero attached hydrogens (tertiary/aromatic N) is 2. The maximum Gasteiger partial charge on any atom is 0.254 e. The van der Waals surface area contributed by atoms with Crippen LogP contribution in [0.4, 0.5) is 4.39 Å². The summed E-state index contributed by atoms with van der Waals surface area (Å²) in [6, 6.07) is 5.95. The number of hydrogen-bond donors (Lipinski definition) is 0. The Morgan fingerprint density at radius 2 is 2.19 bits per heavy atom. The molecule has 0 radical (unpaired) electrons. The first kappa shape index (κ1) is 14.9. The highest BCUT2D eigenvalue weighted by Crippen LogP contribution is 2.35. The van der Waals surface area contributed by atoms with Crippen LogP contribution in [0.25, 0.3) is 0 Å². The number of rotatable bonds is 5. The summed E-state index contributed by atoms with van der Waals surface area (Å²) in [7, 11) is -3.65. The van der Waals surface area contributed by atoms with Gasteiger partial charge in [0.15, 0.2) is 8.68 Å². The van der Waals surface area contributed by atoms with E-state index < -0.39 is 10.0 Å². The summed E-state index contributed by atoms with van der Waals surface area (Å²) in [5, 5.41) is 0. The highest BCUT2D eigenvalue weighted by atomic mass is 35.5. The highest BCUT2D eigenvalue weighted by molar-refractivity contribution is 7.91. The molecule has 0 aliphatic heterocycles. The highest BCUT2D eigenvalue weighted by Gasteiger charge is 2.39. The molecule has 112 valence electrons. The van der Waals surface area contributed by atoms with Gasteiger partial charge in [-0.3, -0.25) is 0 Å². The first-order valence-corrected chi connectivity index (χ1v) is 8.98. The fourth-order valence-electron chi connectivity index (χ4n) is 2.06. The van der Waals surface area contributed by atoms with E-state index in [-0.39, 0.29) is 27.1 Å². The topological polar surface area (TPSA) is 50.3 Å². The lowest BCUT2D eigenvalue weighted by Crippen LogP contribution is -2.32. The fraction of sp³-hybridized carbons (Fsp3) is 0.308. The largest absolute Gasteiger partial charge is 0.254 e. The lowest BCUT2D eigenvalue weighted by molar-refractivity contribution is 0.399. The second kappa shape index (κ2) is 5.64. The van der Waals surface area contributed by atoms with E-state index in [1.807, 2.05) is 0 Å². The van der Waals surface area contributed by atoms with Crippen LogP contribution in [-0.2, 0) is 16.6 Å². The molecule has 21 heavy (non-hydrogen) atoms. The molecule has 1 saturated carbocycles. The third kappa shape index (κ3) is 3.26. The Morgan fingerprint density at radius 1 is 1.43 bits per heavy atom. The maximum absolute atomic E-state index is 13.3. The predicted octanol–water partition coefficient (Wildman–Crippen LogP) is 3.29. The molecular weight excluding hydrogens is 335 g/mol. The van der Waals surface area contributed by atoms with E-state index in [0.717, 1.165) is 24.2 Å². The molecule has 1 fully saturated rings. The van der Waals surface area contributed by atoms with E-state index in [1.165, 1.54) is 22.6 Å². The van der Waals surface area contributed by atoms with E-state index >= 15 is 0 Å². The van der Waals surface area contributed by atoms with Crippen molar-refractivity contribution >= 4 is 33.0 Å². The number of thiazole rings is 1. The summed E-state index contributed by atoms with van der Waals surface area (Å²) in [5.74, 6) is -0.374. The number of sulfonamides is 1. The molecule has 0 N–H and O–H groups in total. The summed E-state index contributed by atoms with van der Waals surface area (Å²) < 4.78 is 40.3. The fourth-order valence-corrected chi connectivity index (χ4v) is 5.16. The first-order valence-electron chi connectivity index (χ1n) is 6.34. The van der Waals surface area contributed by atoms with E-state index in [9.17, 15) is 12.8 Å². The molecule has 1 aliphatic carbocycles. The van der Waals surface area contributed by atoms with Crippen LogP contribution in [0.15, 0.2) is 34.7 Å². The smallest absolute Gasteiger partial charge is 0.232 e. The van der Waals surface area contributed by atoms with Crippen LogP contribution in [0, 0.1) is 5.82 Å². The van der Waals surface area contributed by atoms with Crippen molar-refractivity contribution in [3.05, 3.63) is 46.3 Å². The Balaban J connectivity index is 1.91. The van der Waals surface area contributed by atoms with Crippen molar-refractivity contribution in [2.24, 2.45) is 0 Å². The van der Waals surface area contributed by atoms with Crippen molar-refractivity contribution in [1.82, 2.24) is 9.29 Å². The van der Waals surface area contributed by atoms with Gasteiger partial charge in [-0.2, -0.15) is 4.31 Å². The van der Waals surface area contributed by atoms with Crippen LogP contribution in [0.2, 0.25) is 4.47 Å². The molecule has 1 aliphatic rings. The number of aromatic nitrogens is 1. The molecule has 2 aromatic rings. The maximum atomic E-state index is 13.3. The molecule has 1 aromatic carbocycles. The second-order valence-corrected chi connectivity index (χ2v) is 8.57. The summed E-state index contributed by atoms with van der Waals surface area (Å²) in [4.78, 5) is 3.78. The van der Waals surface area contributed by atoms with Gasteiger partial charge in [0.2, 0.25) is 0 Å². The Labute approximate surface area is 131 Å². The molecule has 4 nitrogen and oxygen atoms in total. The van der Waals surface area contributed by atoms with Gasteiger partial charge in [-0.15, -0.1) is 0 Å². The van der Waals surface area contributed by atoms with Crippen molar-refractivity contribution in [1.29, 1.82) is 0 Å². The van der Waals surface area contributed by atoms with Crippen LogP contribution in [0.5, 0.6) is 0 Å². The number of halogens is 2. The third-order valence-electron chi connectivity index (χ3n) is 3.20. The summed E-state index contributed by atoms with van der Waals surface area (Å²) in [6.07, 6.45) is 2.91. The van der Waals surface area contributed by atoms with Gasteiger partial charge in [0.1, 0.15) is 5.82 Å². The van der Waals surface area contributed by atoms with E-state index in [0.29, 0.717) is 5.56 Å². The van der Waals surface area contributed by atoms with Gasteiger partial charge in [0.05, 0.1) is 6.20 Å². The van der Waals surface area contributed by atoms with Crippen molar-refractivity contribution in [2.45, 2.75) is 29.6 Å². The Kier molecular flexibility index (Phi) is 4.00. The van der Waals surface area contributed by atoms with Crippen LogP contribution < -0.4 is 0 Å². The molecule has 0 amide bonds. The van der Waals surface area contributed by atoms with Crippen molar-refractivity contribution in [2.75, 3.05) is 0 Å². The van der Waals surface area contributed by atoms with E-state index in [4.69, 9.17) is 11.6 Å². The minimum Gasteiger partial charge on any atom is -0.232 e. The lowest BCUT2D eigenvalue weighted by atomic mass is 10.2. The molecule has 1 heterocycles. The van der Waals surface area contributed by atoms with Gasteiger partial charge in [0.25, 0.3) is 10.0 Å². The van der Waals surface area contributed by atoms with Gasteiger partial charge in [-0.25, -0.2) is 17.8 Å². The van der Waals surface area contributed by atoms with E-state index in [1.54, 1.807) is 12.1 Å². The minimum absolute atomic E-state index is 0.0286. The Bertz CT molecular complexity index is 759. The molecule has 8 heteroatoms. The number of benzene rings is 1. The second-order valence-electron chi connectivity index (χ2n) is 4.84. The standard InChI is InChI=1S/C13H12ClFN2O2S2/c14-13-16-7-12(20-13)21(18,19)17(11-4-5-11)8-9-2-1-3-10(15)6-9/h1-3,6-7,11H,4-5,8H2. The molecule has 0 atom stereocenters. The zero-order chi connectivity index (χ0) is 15.0. The van der Waals surface area contributed by atoms with Crippen LogP contribution in [0.3, 0.4) is 0 Å². The van der Waals surface area contributed by atoms with Crippen molar-refractivity contribution < 1.29 is 12.8 Å². The van der Waals surface area contributed by atoms with Gasteiger partial charge in [0, 0.05) is 12.6 Å². The summed E-state index contributed by atoms with van der Waals surface area (Å²) >= 11 is 6.65. The van der Waals surface area contributed by atoms with E-state index in [2.05, 4.69) is 4.98 Å². The zero-order valence-electron chi connectivity index (χ0n) is 10.9. The average Bonchev–Trinajstić information content (AvgIpc) is 3.16. The van der Waals surface area contributed by atoms with Gasteiger partial charge in [-0.1, -0.05) is 35.1 Å². The first-order chi connectivity index (χ1) is 9.96. The molecule has 0 unspecified atom stereocenters. The molecular formula is C13H12ClFN2O2S2. The number of hydrogen-bond acceptors (Lipinski definition) is 4. The van der Waals surface area contributed by atoms with Gasteiger partial charge < -0.3 is 0 Å². The normalized spacial score (nSPS) is 15.6. The third-order valence-corrected chi connectivity index (χ3v) is 6.65. The molecule has 0 spiro atoms. The monoisotopic (exact) mass is 346 g/mol. The van der Waals surface area contributed by atoms with Crippen LogP contribution in [0.1, 0.15) is 18.4 Å². The average molecular weight is 347 g/mol. The quantitative estimate of drug-likeness (QED) is 0.834. The minimum atomic E-state index is -3.65. The molecule has 0 bridgehead atoms. The zero-order valence-corrected chi connectivity index (χ0v) is 13.3. The van der Waals surface area contributed by atoms with Gasteiger partial charge in [-0.05, 0) is 30.5 Å². The van der Waals surface area contributed by atoms with Crippen molar-refractivity contribution in [3.8, 4) is 0 Å². The van der Waals surface area contributed by atoms with Crippen LogP contribution in [-0.4, -0.2) is 23.7 Å². The van der Waals surface area contributed by atoms with Crippen molar-refractivity contribution in [3.63, 3.8) is 0 Å². The lowest BCUT2D eigenvalue weighted by Gasteiger charge is -2.20. The summed E-state index contributed by atoms with van der Waals surface area (Å²) in [5.41, 5.74) is 0.626. The Hall–Kier alpha value is -1.02. The Morgan fingerprint density at radius 3 is 2.76 bits per heavy atom. The SMILES string of the molecule is O=S(=O)(c1cnc(Cl)s1)N(Cc1cccc(F)c1)C1CC1. The van der Waals surface area contributed by atoms with Crippen LogP contribution >= 0.6 is 22.9 Å².